The Labute approximate surface area is 347 Å². The molecule has 338 valence electrons. The highest BCUT2D eigenvalue weighted by atomic mass is 32.2. The van der Waals surface area contributed by atoms with Crippen LogP contribution in [0.25, 0.3) is 11.2 Å². The van der Waals surface area contributed by atoms with E-state index in [2.05, 4.69) is 41.0 Å². The van der Waals surface area contributed by atoms with Crippen LogP contribution >= 0.6 is 35.2 Å². The highest BCUT2D eigenvalue weighted by Crippen LogP contribution is 2.61. The van der Waals surface area contributed by atoms with Crippen molar-refractivity contribution in [3.05, 3.63) is 24.8 Å². The third kappa shape index (κ3) is 13.9. The van der Waals surface area contributed by atoms with E-state index in [1.54, 1.807) is 0 Å². The summed E-state index contributed by atoms with van der Waals surface area (Å²) in [6.45, 7) is 6.18. The van der Waals surface area contributed by atoms with Crippen LogP contribution < -0.4 is 16.4 Å². The highest BCUT2D eigenvalue weighted by molar-refractivity contribution is 8.13. The summed E-state index contributed by atoms with van der Waals surface area (Å²) in [7, 11) is -16.4. The number of nitrogens with zero attached hydrogens (tertiary/aromatic N) is 4. The van der Waals surface area contributed by atoms with Crippen molar-refractivity contribution in [1.29, 1.82) is 0 Å². The Morgan fingerprint density at radius 3 is 2.40 bits per heavy atom. The lowest BCUT2D eigenvalue weighted by atomic mass is 9.78. The first-order valence-electron chi connectivity index (χ1n) is 18.2. The van der Waals surface area contributed by atoms with Crippen LogP contribution in [0.4, 0.5) is 5.82 Å². The molecule has 10 unspecified atom stereocenters. The van der Waals surface area contributed by atoms with Crippen LogP contribution in [0.15, 0.2) is 24.8 Å². The van der Waals surface area contributed by atoms with Gasteiger partial charge < -0.3 is 56.0 Å². The number of aliphatic hydroxyl groups is 3. The number of imidazole rings is 1. The highest BCUT2D eigenvalue weighted by Gasteiger charge is 2.50. The summed E-state index contributed by atoms with van der Waals surface area (Å²) in [6, 6.07) is 0. The predicted molar refractivity (Wildman–Crippen MR) is 209 cm³/mol. The molecule has 2 aliphatic rings. The Kier molecular flexibility index (Phi) is 17.2. The predicted octanol–water partition coefficient (Wildman–Crippen LogP) is 0.0180. The number of aromatic nitrogens is 4. The zero-order valence-corrected chi connectivity index (χ0v) is 36.1. The number of anilines is 1. The Hall–Kier alpha value is -2.74. The summed E-state index contributed by atoms with van der Waals surface area (Å²) >= 11 is 1.01. The number of rotatable bonds is 21. The number of nitrogen functional groups attached to an aromatic ring is 1. The minimum absolute atomic E-state index is 0.0259. The van der Waals surface area contributed by atoms with Crippen molar-refractivity contribution in [1.82, 2.24) is 30.2 Å². The van der Waals surface area contributed by atoms with Crippen LogP contribution in [0.5, 0.6) is 0 Å². The number of phosphoric acid groups is 3. The number of nitrogens with two attached hydrogens (primary N) is 1. The molecule has 29 heteroatoms. The molecule has 4 rings (SSSR count). The molecule has 2 aromatic rings. The molecule has 2 fully saturated rings. The topological polar surface area (TPSA) is 384 Å². The second kappa shape index (κ2) is 20.6. The van der Waals surface area contributed by atoms with Crippen LogP contribution in [0.2, 0.25) is 0 Å². The lowest BCUT2D eigenvalue weighted by Crippen LogP contribution is -2.46. The molecule has 2 amide bonds. The van der Waals surface area contributed by atoms with Gasteiger partial charge in [0.15, 0.2) is 22.8 Å². The van der Waals surface area contributed by atoms with Crippen molar-refractivity contribution >= 4 is 69.1 Å². The zero-order chi connectivity index (χ0) is 44.8. The Balaban J connectivity index is 1.20. The second-order valence-electron chi connectivity index (χ2n) is 14.8. The normalized spacial score (nSPS) is 26.2. The van der Waals surface area contributed by atoms with E-state index in [4.69, 9.17) is 19.5 Å². The van der Waals surface area contributed by atoms with Gasteiger partial charge in [-0.3, -0.25) is 32.5 Å². The van der Waals surface area contributed by atoms with Crippen molar-refractivity contribution in [2.24, 2.45) is 17.3 Å². The second-order valence-corrected chi connectivity index (χ2v) is 20.1. The first-order valence-corrected chi connectivity index (χ1v) is 23.7. The number of ether oxygens (including phenoxy) is 1. The van der Waals surface area contributed by atoms with E-state index in [-0.39, 0.29) is 53.3 Å². The quantitative estimate of drug-likeness (QED) is 0.0448. The largest absolute Gasteiger partial charge is 0.481 e. The summed E-state index contributed by atoms with van der Waals surface area (Å²) in [5, 5.41) is 36.7. The average molecular weight is 934 g/mol. The lowest BCUT2D eigenvalue weighted by molar-refractivity contribution is -0.137. The third-order valence-electron chi connectivity index (χ3n) is 9.56. The Morgan fingerprint density at radius 1 is 1.07 bits per heavy atom. The van der Waals surface area contributed by atoms with Crippen molar-refractivity contribution in [3.8, 4) is 0 Å². The minimum atomic E-state index is -5.58. The fourth-order valence-corrected chi connectivity index (χ4v) is 9.98. The Morgan fingerprint density at radius 2 is 1.75 bits per heavy atom. The number of hydrogen-bond donors (Lipinski definition) is 10. The summed E-state index contributed by atoms with van der Waals surface area (Å²) in [5.41, 5.74) is 5.21. The molecule has 11 N–H and O–H groups in total. The van der Waals surface area contributed by atoms with Gasteiger partial charge in [0.1, 0.15) is 36.3 Å². The standard InChI is InChI=1S/C31H50N7O18P3S/c1-16(2)17-5-6-18(19(39)11-17)30(44)60-10-9-33-21(40)7-8-34-28(43)25(42)31(3,4)13-53-59(50,51)56-58(48,49)52-12-20-24(55-57(45,46)47)23(41)29(54-20)38-15-37-22-26(32)35-14-36-27(22)38/h14-15,17-20,23-25,29,39,41-42H,1,5-13H2,2-4H3,(H,33,40)(H,34,43)(H,48,49)(H,50,51)(H2,32,35,36)(H2,45,46,47). The van der Waals surface area contributed by atoms with Crippen molar-refractivity contribution in [3.63, 3.8) is 0 Å². The fourth-order valence-electron chi connectivity index (χ4n) is 6.26. The monoisotopic (exact) mass is 933 g/mol. The summed E-state index contributed by atoms with van der Waals surface area (Å²) in [6.07, 6.45) is -5.96. The molecule has 0 radical (unpaired) electrons. The van der Waals surface area contributed by atoms with Crippen LogP contribution in [-0.4, -0.2) is 134 Å². The number of fused-ring (bicyclic) bond motifs is 1. The molecule has 1 aliphatic carbocycles. The van der Waals surface area contributed by atoms with Gasteiger partial charge in [-0.15, -0.1) is 0 Å². The molecule has 0 spiro atoms. The summed E-state index contributed by atoms with van der Waals surface area (Å²) in [5.74, 6) is -1.56. The number of aliphatic hydroxyl groups excluding tert-OH is 3. The van der Waals surface area contributed by atoms with E-state index in [0.717, 1.165) is 41.0 Å². The van der Waals surface area contributed by atoms with E-state index >= 15 is 0 Å². The number of nitrogens with one attached hydrogen (secondary N) is 2. The summed E-state index contributed by atoms with van der Waals surface area (Å²) < 4.78 is 62.2. The van der Waals surface area contributed by atoms with E-state index in [1.807, 2.05) is 6.92 Å². The summed E-state index contributed by atoms with van der Waals surface area (Å²) in [4.78, 5) is 88.5. The van der Waals surface area contributed by atoms with Gasteiger partial charge in [0, 0.05) is 30.7 Å². The number of phosphoric ester groups is 3. The van der Waals surface area contributed by atoms with Crippen molar-refractivity contribution < 1.29 is 85.6 Å². The molecule has 1 aliphatic heterocycles. The molecule has 1 saturated carbocycles. The number of carbonyl (C=O) groups excluding carboxylic acids is 3. The van der Waals surface area contributed by atoms with Gasteiger partial charge in [-0.25, -0.2) is 28.6 Å². The molecular weight excluding hydrogens is 883 g/mol. The molecule has 10 atom stereocenters. The van der Waals surface area contributed by atoms with E-state index in [0.29, 0.717) is 12.8 Å². The first-order chi connectivity index (χ1) is 27.8. The Bertz CT molecular complexity index is 2020. The average Bonchev–Trinajstić information content (AvgIpc) is 3.71. The molecule has 60 heavy (non-hydrogen) atoms. The van der Waals surface area contributed by atoms with Crippen LogP contribution in [-0.2, 0) is 50.7 Å². The van der Waals surface area contributed by atoms with E-state index in [1.165, 1.54) is 13.8 Å². The van der Waals surface area contributed by atoms with Gasteiger partial charge in [0.25, 0.3) is 0 Å². The number of amides is 2. The molecule has 1 saturated heterocycles. The van der Waals surface area contributed by atoms with Gasteiger partial charge in [0.05, 0.1) is 31.6 Å². The first kappa shape index (κ1) is 49.9. The van der Waals surface area contributed by atoms with Crippen molar-refractivity contribution in [2.45, 2.75) is 83.2 Å². The molecule has 0 aromatic carbocycles. The number of carbonyl (C=O) groups is 3. The van der Waals surface area contributed by atoms with E-state index < -0.39 is 96.6 Å². The molecular formula is C31H50N7O18P3S. The smallest absolute Gasteiger partial charge is 0.392 e. The molecule has 2 aromatic heterocycles. The number of hydrogen-bond acceptors (Lipinski definition) is 19. The fraction of sp³-hybridized carbons (Fsp3) is 0.677. The lowest BCUT2D eigenvalue weighted by Gasteiger charge is -2.32. The van der Waals surface area contributed by atoms with Crippen LogP contribution in [0, 0.1) is 17.3 Å². The maximum absolute atomic E-state index is 12.7. The maximum Gasteiger partial charge on any atom is 0.481 e. The molecule has 25 nitrogen and oxygen atoms in total. The van der Waals surface area contributed by atoms with Gasteiger partial charge >= 0.3 is 23.5 Å². The minimum Gasteiger partial charge on any atom is -0.392 e. The maximum atomic E-state index is 12.7. The van der Waals surface area contributed by atoms with Gasteiger partial charge in [0.2, 0.25) is 11.8 Å². The van der Waals surface area contributed by atoms with Crippen LogP contribution in [0.1, 0.15) is 52.7 Å². The van der Waals surface area contributed by atoms with Gasteiger partial charge in [-0.2, -0.15) is 4.31 Å². The number of thioether (sulfide) groups is 1. The van der Waals surface area contributed by atoms with Crippen LogP contribution in [0.3, 0.4) is 0 Å². The van der Waals surface area contributed by atoms with Crippen molar-refractivity contribution in [2.75, 3.05) is 37.8 Å². The third-order valence-corrected chi connectivity index (χ3v) is 13.7. The molecule has 3 heterocycles. The molecule has 0 bridgehead atoms. The van der Waals surface area contributed by atoms with Gasteiger partial charge in [-0.1, -0.05) is 37.8 Å². The number of allylic oxidation sites excluding steroid dienone is 1. The zero-order valence-electron chi connectivity index (χ0n) is 32.6. The SMILES string of the molecule is C=C(C)C1CCC(C(=O)SCCNC(=O)CCNC(=O)C(O)C(C)(C)COP(=O)(O)OP(=O)(O)OCC2OC(n3cnc4c(N)ncnc43)C(O)C2OP(=O)(O)O)C(O)C1. The van der Waals surface area contributed by atoms with E-state index in [9.17, 15) is 63.0 Å². The van der Waals surface area contributed by atoms with Gasteiger partial charge in [-0.05, 0) is 32.1 Å².